The number of nitrogens with one attached hydrogen (secondary N) is 2. The number of aromatic nitrogens is 2. The van der Waals surface area contributed by atoms with Crippen molar-refractivity contribution >= 4 is 5.97 Å². The van der Waals surface area contributed by atoms with Gasteiger partial charge in [-0.1, -0.05) is 6.92 Å². The predicted molar refractivity (Wildman–Crippen MR) is 58.9 cm³/mol. The van der Waals surface area contributed by atoms with E-state index >= 15 is 0 Å². The lowest BCUT2D eigenvalue weighted by Crippen LogP contribution is -2.53. The average Bonchev–Trinajstić information content (AvgIpc) is 2.77. The summed E-state index contributed by atoms with van der Waals surface area (Å²) in [6.45, 7) is 4.94. The smallest absolute Gasteiger partial charge is 0.332 e. The van der Waals surface area contributed by atoms with E-state index in [1.54, 1.807) is 6.33 Å². The monoisotopic (exact) mass is 223 g/mol. The Kier molecular flexibility index (Phi) is 2.96. The number of fused-ring (bicyclic) bond motifs is 1. The molecule has 0 aromatic carbocycles. The Bertz CT molecular complexity index is 388. The van der Waals surface area contributed by atoms with Crippen LogP contribution in [-0.4, -0.2) is 29.1 Å². The number of carbonyl (C=O) groups excluding carboxylic acids is 1. The molecule has 0 saturated carbocycles. The number of rotatable bonds is 3. The lowest BCUT2D eigenvalue weighted by molar-refractivity contribution is -0.152. The van der Waals surface area contributed by atoms with Crippen LogP contribution in [0.2, 0.25) is 0 Å². The number of H-pyrrole nitrogens is 1. The van der Waals surface area contributed by atoms with E-state index in [0.29, 0.717) is 13.0 Å². The topological polar surface area (TPSA) is 67.0 Å². The molecular weight excluding hydrogens is 206 g/mol. The SMILES string of the molecule is CCOC(=O)[C@]1(CC)NCCc2[nH]cnc21. The molecule has 1 aliphatic heterocycles. The zero-order valence-corrected chi connectivity index (χ0v) is 9.67. The normalized spacial score (nSPS) is 23.9. The summed E-state index contributed by atoms with van der Waals surface area (Å²) in [6, 6.07) is 0. The van der Waals surface area contributed by atoms with E-state index in [1.807, 2.05) is 13.8 Å². The molecule has 16 heavy (non-hydrogen) atoms. The maximum Gasteiger partial charge on any atom is 0.332 e. The third-order valence-corrected chi connectivity index (χ3v) is 3.08. The molecular formula is C11H17N3O2. The van der Waals surface area contributed by atoms with Gasteiger partial charge in [-0.3, -0.25) is 5.32 Å². The molecule has 2 rings (SSSR count). The second-order valence-corrected chi connectivity index (χ2v) is 3.89. The summed E-state index contributed by atoms with van der Waals surface area (Å²) in [6.07, 6.45) is 3.15. The van der Waals surface area contributed by atoms with Crippen molar-refractivity contribution in [1.82, 2.24) is 15.3 Å². The number of imidazole rings is 1. The number of hydrogen-bond acceptors (Lipinski definition) is 4. The van der Waals surface area contributed by atoms with Gasteiger partial charge in [-0.2, -0.15) is 0 Å². The van der Waals surface area contributed by atoms with Gasteiger partial charge in [0, 0.05) is 18.7 Å². The molecule has 0 spiro atoms. The number of nitrogens with zero attached hydrogens (tertiary/aromatic N) is 1. The molecule has 0 amide bonds. The molecule has 0 bridgehead atoms. The van der Waals surface area contributed by atoms with Gasteiger partial charge in [-0.15, -0.1) is 0 Å². The zero-order chi connectivity index (χ0) is 11.6. The standard InChI is InChI=1S/C11H17N3O2/c1-3-11(10(15)16-4-2)9-8(5-6-14-11)12-7-13-9/h7,14H,3-6H2,1-2H3,(H,12,13)/t11-/m1/s1. The zero-order valence-electron chi connectivity index (χ0n) is 9.67. The summed E-state index contributed by atoms with van der Waals surface area (Å²) in [7, 11) is 0. The van der Waals surface area contributed by atoms with Gasteiger partial charge in [0.1, 0.15) is 0 Å². The molecule has 2 heterocycles. The molecule has 0 unspecified atom stereocenters. The van der Waals surface area contributed by atoms with Gasteiger partial charge >= 0.3 is 5.97 Å². The first-order valence-corrected chi connectivity index (χ1v) is 5.69. The molecule has 0 saturated heterocycles. The third kappa shape index (κ3) is 1.51. The highest BCUT2D eigenvalue weighted by Crippen LogP contribution is 2.30. The van der Waals surface area contributed by atoms with Crippen LogP contribution in [0.3, 0.4) is 0 Å². The van der Waals surface area contributed by atoms with Crippen LogP contribution in [0.25, 0.3) is 0 Å². The van der Waals surface area contributed by atoms with Gasteiger partial charge < -0.3 is 9.72 Å². The number of esters is 1. The Morgan fingerprint density at radius 2 is 2.44 bits per heavy atom. The van der Waals surface area contributed by atoms with E-state index in [-0.39, 0.29) is 5.97 Å². The molecule has 1 atom stereocenters. The Morgan fingerprint density at radius 1 is 1.62 bits per heavy atom. The largest absolute Gasteiger partial charge is 0.464 e. The van der Waals surface area contributed by atoms with Gasteiger partial charge in [0.05, 0.1) is 18.6 Å². The summed E-state index contributed by atoms with van der Waals surface area (Å²) in [5.41, 5.74) is 1.07. The minimum absolute atomic E-state index is 0.231. The lowest BCUT2D eigenvalue weighted by atomic mass is 9.87. The number of ether oxygens (including phenoxy) is 1. The predicted octanol–water partition coefficient (Wildman–Crippen LogP) is 0.724. The summed E-state index contributed by atoms with van der Waals surface area (Å²) in [4.78, 5) is 19.4. The van der Waals surface area contributed by atoms with Crippen molar-refractivity contribution < 1.29 is 9.53 Å². The van der Waals surface area contributed by atoms with E-state index in [2.05, 4.69) is 15.3 Å². The first-order valence-electron chi connectivity index (χ1n) is 5.69. The fourth-order valence-electron chi connectivity index (χ4n) is 2.22. The average molecular weight is 223 g/mol. The first kappa shape index (κ1) is 11.1. The molecule has 0 aliphatic carbocycles. The fourth-order valence-corrected chi connectivity index (χ4v) is 2.22. The molecule has 0 fully saturated rings. The Balaban J connectivity index is 2.40. The molecule has 5 nitrogen and oxygen atoms in total. The Morgan fingerprint density at radius 3 is 3.12 bits per heavy atom. The van der Waals surface area contributed by atoms with Crippen LogP contribution in [0, 0.1) is 0 Å². The summed E-state index contributed by atoms with van der Waals surface area (Å²) < 4.78 is 5.15. The first-order chi connectivity index (χ1) is 7.74. The Hall–Kier alpha value is -1.36. The van der Waals surface area contributed by atoms with Crippen LogP contribution >= 0.6 is 0 Å². The van der Waals surface area contributed by atoms with E-state index in [4.69, 9.17) is 4.74 Å². The summed E-state index contributed by atoms with van der Waals surface area (Å²) in [5, 5.41) is 3.25. The second-order valence-electron chi connectivity index (χ2n) is 3.89. The van der Waals surface area contributed by atoms with Crippen LogP contribution in [-0.2, 0) is 21.5 Å². The highest BCUT2D eigenvalue weighted by atomic mass is 16.5. The molecule has 0 radical (unpaired) electrons. The molecule has 5 heteroatoms. The second kappa shape index (κ2) is 4.25. The highest BCUT2D eigenvalue weighted by Gasteiger charge is 2.45. The van der Waals surface area contributed by atoms with Crippen LogP contribution < -0.4 is 5.32 Å². The maximum atomic E-state index is 12.1. The van der Waals surface area contributed by atoms with Gasteiger partial charge in [0.25, 0.3) is 0 Å². The maximum absolute atomic E-state index is 12.1. The lowest BCUT2D eigenvalue weighted by Gasteiger charge is -2.34. The molecule has 1 aromatic heterocycles. The number of hydrogen-bond donors (Lipinski definition) is 2. The van der Waals surface area contributed by atoms with Crippen molar-refractivity contribution in [3.8, 4) is 0 Å². The highest BCUT2D eigenvalue weighted by molar-refractivity contribution is 5.82. The van der Waals surface area contributed by atoms with E-state index < -0.39 is 5.54 Å². The van der Waals surface area contributed by atoms with Gasteiger partial charge in [-0.05, 0) is 13.3 Å². The van der Waals surface area contributed by atoms with Crippen LogP contribution in [0.4, 0.5) is 0 Å². The van der Waals surface area contributed by atoms with E-state index in [9.17, 15) is 4.79 Å². The molecule has 88 valence electrons. The van der Waals surface area contributed by atoms with Crippen molar-refractivity contribution in [1.29, 1.82) is 0 Å². The van der Waals surface area contributed by atoms with Crippen LogP contribution in [0.15, 0.2) is 6.33 Å². The summed E-state index contributed by atoms with van der Waals surface area (Å²) >= 11 is 0. The fraction of sp³-hybridized carbons (Fsp3) is 0.636. The van der Waals surface area contributed by atoms with E-state index in [0.717, 1.165) is 24.4 Å². The van der Waals surface area contributed by atoms with Gasteiger partial charge in [0.15, 0.2) is 5.54 Å². The van der Waals surface area contributed by atoms with Crippen LogP contribution in [0.5, 0.6) is 0 Å². The van der Waals surface area contributed by atoms with Crippen molar-refractivity contribution in [2.75, 3.05) is 13.2 Å². The van der Waals surface area contributed by atoms with Gasteiger partial charge in [0.2, 0.25) is 0 Å². The molecule has 1 aromatic rings. The minimum atomic E-state index is -0.760. The molecule has 2 N–H and O–H groups in total. The van der Waals surface area contributed by atoms with Crippen molar-refractivity contribution in [2.45, 2.75) is 32.2 Å². The van der Waals surface area contributed by atoms with Crippen LogP contribution in [0.1, 0.15) is 31.7 Å². The van der Waals surface area contributed by atoms with Crippen molar-refractivity contribution in [3.05, 3.63) is 17.7 Å². The third-order valence-electron chi connectivity index (χ3n) is 3.08. The minimum Gasteiger partial charge on any atom is -0.464 e. The van der Waals surface area contributed by atoms with E-state index in [1.165, 1.54) is 0 Å². The molecule has 1 aliphatic rings. The number of carbonyl (C=O) groups is 1. The Labute approximate surface area is 94.6 Å². The van der Waals surface area contributed by atoms with Crippen molar-refractivity contribution in [3.63, 3.8) is 0 Å². The van der Waals surface area contributed by atoms with Crippen molar-refractivity contribution in [2.24, 2.45) is 0 Å². The quantitative estimate of drug-likeness (QED) is 0.741. The number of aromatic amines is 1. The van der Waals surface area contributed by atoms with Gasteiger partial charge in [-0.25, -0.2) is 9.78 Å². The summed E-state index contributed by atoms with van der Waals surface area (Å²) in [5.74, 6) is -0.231.